The average Bonchev–Trinajstić information content (AvgIpc) is 3.11. The molecule has 2 atom stereocenters. The highest BCUT2D eigenvalue weighted by Crippen LogP contribution is 2.27. The van der Waals surface area contributed by atoms with Gasteiger partial charge in [0.1, 0.15) is 0 Å². The lowest BCUT2D eigenvalue weighted by Crippen LogP contribution is -2.30. The molecule has 2 unspecified atom stereocenters. The molecule has 0 saturated carbocycles. The fourth-order valence-electron chi connectivity index (χ4n) is 3.86. The Morgan fingerprint density at radius 2 is 1.96 bits per heavy atom. The molecule has 1 aromatic carbocycles. The smallest absolute Gasteiger partial charge is 0.216 e. The van der Waals surface area contributed by atoms with E-state index in [4.69, 9.17) is 14.5 Å². The van der Waals surface area contributed by atoms with Crippen molar-refractivity contribution in [2.75, 3.05) is 19.8 Å². The summed E-state index contributed by atoms with van der Waals surface area (Å²) in [6.07, 6.45) is 12.5. The number of ether oxygens (including phenoxy) is 2. The van der Waals surface area contributed by atoms with Crippen LogP contribution in [0.1, 0.15) is 24.4 Å². The van der Waals surface area contributed by atoms with Gasteiger partial charge in [0.15, 0.2) is 0 Å². The number of rotatable bonds is 2. The largest absolute Gasteiger partial charge is 0.477 e. The molecule has 0 spiro atoms. The van der Waals surface area contributed by atoms with E-state index < -0.39 is 0 Å². The van der Waals surface area contributed by atoms with Gasteiger partial charge in [0.25, 0.3) is 0 Å². The summed E-state index contributed by atoms with van der Waals surface area (Å²) in [6, 6.07) is 6.99. The third-order valence-electron chi connectivity index (χ3n) is 5.30. The molecule has 5 heteroatoms. The van der Waals surface area contributed by atoms with Gasteiger partial charge in [-0.25, -0.2) is 9.98 Å². The van der Waals surface area contributed by atoms with Crippen molar-refractivity contribution in [2.24, 2.45) is 10.9 Å². The van der Waals surface area contributed by atoms with E-state index in [1.165, 1.54) is 5.52 Å². The first-order valence-electron chi connectivity index (χ1n) is 8.99. The molecule has 3 heterocycles. The highest BCUT2D eigenvalue weighted by Gasteiger charge is 2.26. The van der Waals surface area contributed by atoms with Gasteiger partial charge in [-0.3, -0.25) is 0 Å². The van der Waals surface area contributed by atoms with Crippen LogP contribution in [0, 0.1) is 5.92 Å². The predicted molar refractivity (Wildman–Crippen MR) is 96.9 cm³/mol. The number of imidazole rings is 1. The summed E-state index contributed by atoms with van der Waals surface area (Å²) >= 11 is 0. The van der Waals surface area contributed by atoms with Crippen LogP contribution < -0.4 is 0 Å². The topological polar surface area (TPSA) is 48.6 Å². The predicted octanol–water partition coefficient (Wildman–Crippen LogP) is 3.28. The van der Waals surface area contributed by atoms with Crippen molar-refractivity contribution in [1.82, 2.24) is 9.55 Å². The van der Waals surface area contributed by atoms with Gasteiger partial charge < -0.3 is 14.0 Å². The number of aromatic nitrogens is 2. The first-order chi connectivity index (χ1) is 12.4. The molecule has 0 amide bonds. The molecule has 128 valence electrons. The van der Waals surface area contributed by atoms with Crippen molar-refractivity contribution in [3.8, 4) is 0 Å². The lowest BCUT2D eigenvalue weighted by atomic mass is 9.95. The number of benzene rings is 1. The van der Waals surface area contributed by atoms with Crippen LogP contribution in [0.15, 0.2) is 53.8 Å². The summed E-state index contributed by atoms with van der Waals surface area (Å²) in [4.78, 5) is 9.40. The third-order valence-corrected chi connectivity index (χ3v) is 5.30. The zero-order chi connectivity index (χ0) is 16.6. The average molecular weight is 335 g/mol. The van der Waals surface area contributed by atoms with E-state index >= 15 is 0 Å². The molecule has 0 bridgehead atoms. The van der Waals surface area contributed by atoms with Crippen molar-refractivity contribution < 1.29 is 9.47 Å². The Bertz CT molecular complexity index is 874. The lowest BCUT2D eigenvalue weighted by molar-refractivity contribution is 0.0706. The SMILES string of the molecule is C1=CC2COC(c3ccc4c(c3)ncn4C3CCOCC3)=NC2C=C1. The van der Waals surface area contributed by atoms with E-state index in [-0.39, 0.29) is 6.04 Å². The van der Waals surface area contributed by atoms with Crippen molar-refractivity contribution in [3.05, 3.63) is 54.4 Å². The molecule has 3 aliphatic rings. The van der Waals surface area contributed by atoms with E-state index in [0.717, 1.165) is 43.0 Å². The number of fused-ring (bicyclic) bond motifs is 2. The molecule has 2 aliphatic heterocycles. The van der Waals surface area contributed by atoms with Crippen molar-refractivity contribution in [2.45, 2.75) is 24.9 Å². The zero-order valence-corrected chi connectivity index (χ0v) is 14.0. The maximum atomic E-state index is 5.92. The van der Waals surface area contributed by atoms with Gasteiger partial charge >= 0.3 is 0 Å². The fraction of sp³-hybridized carbons (Fsp3) is 0.400. The Morgan fingerprint density at radius 3 is 2.88 bits per heavy atom. The maximum absolute atomic E-state index is 5.92. The number of hydrogen-bond acceptors (Lipinski definition) is 4. The Hall–Kier alpha value is -2.40. The minimum absolute atomic E-state index is 0.184. The monoisotopic (exact) mass is 335 g/mol. The summed E-state index contributed by atoms with van der Waals surface area (Å²) in [5.41, 5.74) is 3.17. The Kier molecular flexibility index (Phi) is 3.67. The number of nitrogens with zero attached hydrogens (tertiary/aromatic N) is 3. The number of hydrogen-bond donors (Lipinski definition) is 0. The van der Waals surface area contributed by atoms with Crippen LogP contribution in [0.5, 0.6) is 0 Å². The molecule has 1 aromatic heterocycles. The second-order valence-corrected chi connectivity index (χ2v) is 6.87. The normalized spacial score (nSPS) is 26.3. The Morgan fingerprint density at radius 1 is 1.08 bits per heavy atom. The number of allylic oxidation sites excluding steroid dienone is 2. The van der Waals surface area contributed by atoms with Crippen LogP contribution in [0.2, 0.25) is 0 Å². The van der Waals surface area contributed by atoms with Crippen LogP contribution in [-0.4, -0.2) is 41.3 Å². The van der Waals surface area contributed by atoms with Crippen molar-refractivity contribution in [3.63, 3.8) is 0 Å². The van der Waals surface area contributed by atoms with E-state index in [9.17, 15) is 0 Å². The molecule has 0 N–H and O–H groups in total. The minimum atomic E-state index is 0.184. The van der Waals surface area contributed by atoms with Gasteiger partial charge in [-0.15, -0.1) is 0 Å². The molecular formula is C20H21N3O2. The molecule has 5 nitrogen and oxygen atoms in total. The highest BCUT2D eigenvalue weighted by atomic mass is 16.5. The second kappa shape index (κ2) is 6.15. The van der Waals surface area contributed by atoms with Crippen LogP contribution >= 0.6 is 0 Å². The molecule has 0 radical (unpaired) electrons. The van der Waals surface area contributed by atoms with Crippen LogP contribution in [0.4, 0.5) is 0 Å². The Labute approximate surface area is 146 Å². The standard InChI is InChI=1S/C20H21N3O2/c1-2-4-17-15(3-1)12-25-20(22-17)14-5-6-19-18(11-14)21-13-23(19)16-7-9-24-10-8-16/h1-6,11,13,15-17H,7-10,12H2. The second-order valence-electron chi connectivity index (χ2n) is 6.87. The molecular weight excluding hydrogens is 314 g/mol. The molecule has 5 rings (SSSR count). The summed E-state index contributed by atoms with van der Waals surface area (Å²) in [6.45, 7) is 2.34. The van der Waals surface area contributed by atoms with Crippen molar-refractivity contribution in [1.29, 1.82) is 0 Å². The molecule has 1 fully saturated rings. The third kappa shape index (κ3) is 2.68. The summed E-state index contributed by atoms with van der Waals surface area (Å²) in [5.74, 6) is 1.08. The van der Waals surface area contributed by atoms with Crippen LogP contribution in [0.25, 0.3) is 11.0 Å². The van der Waals surface area contributed by atoms with Gasteiger partial charge in [-0.1, -0.05) is 24.3 Å². The van der Waals surface area contributed by atoms with Crippen molar-refractivity contribution >= 4 is 16.9 Å². The van der Waals surface area contributed by atoms with Crippen LogP contribution in [-0.2, 0) is 9.47 Å². The zero-order valence-electron chi connectivity index (χ0n) is 14.0. The first kappa shape index (κ1) is 14.9. The molecule has 1 aliphatic carbocycles. The van der Waals surface area contributed by atoms with E-state index in [1.54, 1.807) is 0 Å². The van der Waals surface area contributed by atoms with Gasteiger partial charge in [0, 0.05) is 30.7 Å². The number of aliphatic imine (C=N–C) groups is 1. The molecule has 2 aromatic rings. The Balaban J connectivity index is 1.46. The van der Waals surface area contributed by atoms with Gasteiger partial charge in [-0.05, 0) is 31.0 Å². The van der Waals surface area contributed by atoms with E-state index in [0.29, 0.717) is 18.6 Å². The fourth-order valence-corrected chi connectivity index (χ4v) is 3.86. The van der Waals surface area contributed by atoms with Gasteiger partial charge in [0.2, 0.25) is 5.90 Å². The summed E-state index contributed by atoms with van der Waals surface area (Å²) < 4.78 is 13.7. The minimum Gasteiger partial charge on any atom is -0.477 e. The maximum Gasteiger partial charge on any atom is 0.216 e. The van der Waals surface area contributed by atoms with Gasteiger partial charge in [-0.2, -0.15) is 0 Å². The van der Waals surface area contributed by atoms with Crippen LogP contribution in [0.3, 0.4) is 0 Å². The molecule has 1 saturated heterocycles. The summed E-state index contributed by atoms with van der Waals surface area (Å²) in [7, 11) is 0. The first-order valence-corrected chi connectivity index (χ1v) is 8.99. The lowest BCUT2D eigenvalue weighted by Gasteiger charge is -2.27. The van der Waals surface area contributed by atoms with E-state index in [2.05, 4.69) is 52.1 Å². The highest BCUT2D eigenvalue weighted by molar-refractivity contribution is 5.97. The molecule has 25 heavy (non-hydrogen) atoms. The van der Waals surface area contributed by atoms with E-state index in [1.807, 2.05) is 6.33 Å². The quantitative estimate of drug-likeness (QED) is 0.846. The van der Waals surface area contributed by atoms with Gasteiger partial charge in [0.05, 0.1) is 30.0 Å². The summed E-state index contributed by atoms with van der Waals surface area (Å²) in [5, 5.41) is 0.